The number of esters is 1. The zero-order valence-corrected chi connectivity index (χ0v) is 17.4. The van der Waals surface area contributed by atoms with E-state index in [9.17, 15) is 22.8 Å². The molecule has 0 radical (unpaired) electrons. The van der Waals surface area contributed by atoms with Crippen molar-refractivity contribution in [2.24, 2.45) is 5.92 Å². The third-order valence-electron chi connectivity index (χ3n) is 3.52. The smallest absolute Gasteiger partial charge is 0.324 e. The van der Waals surface area contributed by atoms with Gasteiger partial charge in [-0.15, -0.1) is 0 Å². The SMILES string of the molecule is CC(=O)Nc1ccc(S(=O)(=O)N[C@@H](C)C(=O)O[C@H](C)C(=O)NCC(C)C)cc1. The second-order valence-electron chi connectivity index (χ2n) is 6.77. The molecular formula is C18H27N3O6S. The van der Waals surface area contributed by atoms with Gasteiger partial charge in [-0.3, -0.25) is 14.4 Å². The summed E-state index contributed by atoms with van der Waals surface area (Å²) in [4.78, 5) is 34.9. The molecule has 0 aliphatic carbocycles. The van der Waals surface area contributed by atoms with Crippen molar-refractivity contribution in [2.75, 3.05) is 11.9 Å². The predicted octanol–water partition coefficient (Wildman–Crippen LogP) is 1.02. The Bertz CT molecular complexity index is 805. The Kier molecular flexibility index (Phi) is 8.58. The quantitative estimate of drug-likeness (QED) is 0.518. The van der Waals surface area contributed by atoms with E-state index in [2.05, 4.69) is 15.4 Å². The molecule has 0 unspecified atom stereocenters. The average Bonchev–Trinajstić information content (AvgIpc) is 2.58. The third-order valence-corrected chi connectivity index (χ3v) is 5.07. The van der Waals surface area contributed by atoms with Crippen LogP contribution in [0.4, 0.5) is 5.69 Å². The monoisotopic (exact) mass is 413 g/mol. The lowest BCUT2D eigenvalue weighted by Gasteiger charge is -2.18. The third kappa shape index (κ3) is 7.65. The van der Waals surface area contributed by atoms with Crippen LogP contribution in [-0.4, -0.2) is 44.9 Å². The van der Waals surface area contributed by atoms with E-state index in [-0.39, 0.29) is 16.7 Å². The van der Waals surface area contributed by atoms with Crippen LogP contribution >= 0.6 is 0 Å². The van der Waals surface area contributed by atoms with E-state index < -0.39 is 34.0 Å². The molecule has 0 bridgehead atoms. The van der Waals surface area contributed by atoms with Crippen molar-refractivity contribution in [3.05, 3.63) is 24.3 Å². The molecule has 10 heteroatoms. The lowest BCUT2D eigenvalue weighted by atomic mass is 10.2. The minimum atomic E-state index is -3.99. The molecule has 2 amide bonds. The number of rotatable bonds is 9. The number of nitrogens with one attached hydrogen (secondary N) is 3. The van der Waals surface area contributed by atoms with Crippen molar-refractivity contribution in [3.63, 3.8) is 0 Å². The van der Waals surface area contributed by atoms with Gasteiger partial charge in [0.15, 0.2) is 6.10 Å². The van der Waals surface area contributed by atoms with Gasteiger partial charge < -0.3 is 15.4 Å². The molecular weight excluding hydrogens is 386 g/mol. The molecule has 9 nitrogen and oxygen atoms in total. The molecule has 0 spiro atoms. The van der Waals surface area contributed by atoms with E-state index >= 15 is 0 Å². The zero-order valence-electron chi connectivity index (χ0n) is 16.6. The molecule has 28 heavy (non-hydrogen) atoms. The second-order valence-corrected chi connectivity index (χ2v) is 8.48. The Labute approximate surface area is 165 Å². The molecule has 1 rings (SSSR count). The fourth-order valence-electron chi connectivity index (χ4n) is 2.05. The van der Waals surface area contributed by atoms with Gasteiger partial charge in [0.05, 0.1) is 4.90 Å². The molecule has 156 valence electrons. The molecule has 2 atom stereocenters. The Morgan fingerprint density at radius 2 is 1.61 bits per heavy atom. The van der Waals surface area contributed by atoms with Crippen molar-refractivity contribution < 1.29 is 27.5 Å². The number of benzene rings is 1. The van der Waals surface area contributed by atoms with Crippen molar-refractivity contribution in [1.82, 2.24) is 10.0 Å². The van der Waals surface area contributed by atoms with Gasteiger partial charge in [0.2, 0.25) is 15.9 Å². The summed E-state index contributed by atoms with van der Waals surface area (Å²) >= 11 is 0. The molecule has 0 fully saturated rings. The van der Waals surface area contributed by atoms with Gasteiger partial charge in [0.25, 0.3) is 5.91 Å². The highest BCUT2D eigenvalue weighted by Gasteiger charge is 2.26. The molecule has 0 saturated heterocycles. The molecule has 1 aromatic carbocycles. The minimum Gasteiger partial charge on any atom is -0.451 e. The van der Waals surface area contributed by atoms with E-state index in [1.54, 1.807) is 0 Å². The topological polar surface area (TPSA) is 131 Å². The van der Waals surface area contributed by atoms with Crippen LogP contribution in [0, 0.1) is 5.92 Å². The Balaban J connectivity index is 2.68. The van der Waals surface area contributed by atoms with Crippen LogP contribution < -0.4 is 15.4 Å². The molecule has 0 aromatic heterocycles. The van der Waals surface area contributed by atoms with Crippen molar-refractivity contribution in [1.29, 1.82) is 0 Å². The molecule has 0 aliphatic heterocycles. The summed E-state index contributed by atoms with van der Waals surface area (Å²) in [5.74, 6) is -1.36. The van der Waals surface area contributed by atoms with Gasteiger partial charge in [-0.1, -0.05) is 13.8 Å². The lowest BCUT2D eigenvalue weighted by Crippen LogP contribution is -2.43. The summed E-state index contributed by atoms with van der Waals surface area (Å²) in [5.41, 5.74) is 0.445. The maximum absolute atomic E-state index is 12.4. The highest BCUT2D eigenvalue weighted by atomic mass is 32.2. The van der Waals surface area contributed by atoms with Crippen molar-refractivity contribution in [3.8, 4) is 0 Å². The van der Waals surface area contributed by atoms with Gasteiger partial charge in [0.1, 0.15) is 6.04 Å². The first-order valence-electron chi connectivity index (χ1n) is 8.80. The minimum absolute atomic E-state index is 0.0797. The van der Waals surface area contributed by atoms with Gasteiger partial charge in [-0.05, 0) is 44.0 Å². The van der Waals surface area contributed by atoms with Crippen LogP contribution in [-0.2, 0) is 29.1 Å². The van der Waals surface area contributed by atoms with Crippen LogP contribution in [0.3, 0.4) is 0 Å². The van der Waals surface area contributed by atoms with Crippen LogP contribution in [0.15, 0.2) is 29.2 Å². The maximum atomic E-state index is 12.4. The standard InChI is InChI=1S/C18H27N3O6S/c1-11(2)10-19-17(23)13(4)27-18(24)12(3)21-28(25,26)16-8-6-15(7-9-16)20-14(5)22/h6-9,11-13,21H,10H2,1-5H3,(H,19,23)(H,20,22)/t12-,13+/m0/s1. The second kappa shape index (κ2) is 10.2. The van der Waals surface area contributed by atoms with Crippen molar-refractivity contribution in [2.45, 2.75) is 51.7 Å². The van der Waals surface area contributed by atoms with Crippen molar-refractivity contribution >= 4 is 33.5 Å². The van der Waals surface area contributed by atoms with Crippen LogP contribution in [0.1, 0.15) is 34.6 Å². The number of ether oxygens (including phenoxy) is 1. The number of anilines is 1. The van der Waals surface area contributed by atoms with E-state index in [0.717, 1.165) is 0 Å². The van der Waals surface area contributed by atoms with Gasteiger partial charge in [-0.25, -0.2) is 8.42 Å². The number of carbonyl (C=O) groups is 3. The summed E-state index contributed by atoms with van der Waals surface area (Å²) in [6.45, 7) is 8.37. The van der Waals surface area contributed by atoms with E-state index in [0.29, 0.717) is 12.2 Å². The Morgan fingerprint density at radius 3 is 2.11 bits per heavy atom. The number of amides is 2. The zero-order chi connectivity index (χ0) is 21.5. The normalized spacial score (nSPS) is 13.5. The average molecular weight is 413 g/mol. The number of hydrogen-bond acceptors (Lipinski definition) is 6. The summed E-state index contributed by atoms with van der Waals surface area (Å²) in [6, 6.07) is 4.27. The van der Waals surface area contributed by atoms with E-state index in [1.807, 2.05) is 13.8 Å². The largest absolute Gasteiger partial charge is 0.451 e. The molecule has 0 aliphatic rings. The van der Waals surface area contributed by atoms with Gasteiger partial charge in [0, 0.05) is 19.2 Å². The highest BCUT2D eigenvalue weighted by molar-refractivity contribution is 7.89. The van der Waals surface area contributed by atoms with E-state index in [1.165, 1.54) is 45.0 Å². The number of sulfonamides is 1. The lowest BCUT2D eigenvalue weighted by molar-refractivity contribution is -0.156. The summed E-state index contributed by atoms with van der Waals surface area (Å²) < 4.78 is 32.0. The van der Waals surface area contributed by atoms with Crippen LogP contribution in [0.2, 0.25) is 0 Å². The maximum Gasteiger partial charge on any atom is 0.324 e. The summed E-state index contributed by atoms with van der Waals surface area (Å²) in [6.07, 6.45) is -1.05. The summed E-state index contributed by atoms with van der Waals surface area (Å²) in [7, 11) is -3.99. The first-order chi connectivity index (χ1) is 12.9. The molecule has 3 N–H and O–H groups in total. The van der Waals surface area contributed by atoms with E-state index in [4.69, 9.17) is 4.74 Å². The fraction of sp³-hybridized carbons (Fsp3) is 0.500. The summed E-state index contributed by atoms with van der Waals surface area (Å²) in [5, 5.41) is 5.16. The van der Waals surface area contributed by atoms with Gasteiger partial charge >= 0.3 is 5.97 Å². The molecule has 0 heterocycles. The molecule has 0 saturated carbocycles. The first kappa shape index (κ1) is 23.6. The highest BCUT2D eigenvalue weighted by Crippen LogP contribution is 2.14. The molecule has 1 aromatic rings. The first-order valence-corrected chi connectivity index (χ1v) is 10.3. The number of carbonyl (C=O) groups excluding carboxylic acids is 3. The predicted molar refractivity (Wildman–Crippen MR) is 104 cm³/mol. The Morgan fingerprint density at radius 1 is 1.04 bits per heavy atom. The fourth-order valence-corrected chi connectivity index (χ4v) is 3.24. The Hall–Kier alpha value is -2.46. The van der Waals surface area contributed by atoms with Gasteiger partial charge in [-0.2, -0.15) is 4.72 Å². The van der Waals surface area contributed by atoms with Crippen LogP contribution in [0.5, 0.6) is 0 Å². The van der Waals surface area contributed by atoms with Crippen LogP contribution in [0.25, 0.3) is 0 Å². The number of hydrogen-bond donors (Lipinski definition) is 3.